The first-order valence-electron chi connectivity index (χ1n) is 10.3. The fourth-order valence-corrected chi connectivity index (χ4v) is 5.07. The Morgan fingerprint density at radius 1 is 1.11 bits per heavy atom. The van der Waals surface area contributed by atoms with E-state index in [1.807, 2.05) is 12.3 Å². The molecule has 142 valence electrons. The van der Waals surface area contributed by atoms with Gasteiger partial charge in [0.05, 0.1) is 11.9 Å². The minimum atomic E-state index is -0.239. The molecule has 3 heterocycles. The molecule has 1 saturated carbocycles. The van der Waals surface area contributed by atoms with E-state index in [1.165, 1.54) is 30.6 Å². The zero-order valence-electron chi connectivity index (χ0n) is 16.1. The maximum absolute atomic E-state index is 12.5. The summed E-state index contributed by atoms with van der Waals surface area (Å²) < 4.78 is 2.37. The van der Waals surface area contributed by atoms with Gasteiger partial charge in [0.2, 0.25) is 5.91 Å². The van der Waals surface area contributed by atoms with Gasteiger partial charge in [0.1, 0.15) is 11.4 Å². The minimum Gasteiger partial charge on any atom is -0.328 e. The molecule has 27 heavy (non-hydrogen) atoms. The van der Waals surface area contributed by atoms with Crippen molar-refractivity contribution in [2.24, 2.45) is 5.92 Å². The van der Waals surface area contributed by atoms with Gasteiger partial charge >= 0.3 is 0 Å². The number of hydrogen-bond donors (Lipinski definition) is 0. The highest BCUT2D eigenvalue weighted by molar-refractivity contribution is 5.75. The van der Waals surface area contributed by atoms with Gasteiger partial charge in [-0.1, -0.05) is 30.3 Å². The van der Waals surface area contributed by atoms with Crippen LogP contribution in [0.25, 0.3) is 11.3 Å². The predicted octanol–water partition coefficient (Wildman–Crippen LogP) is 3.11. The molecule has 0 atom stereocenters. The summed E-state index contributed by atoms with van der Waals surface area (Å²) >= 11 is 0. The third kappa shape index (κ3) is 2.89. The van der Waals surface area contributed by atoms with Gasteiger partial charge in [-0.2, -0.15) is 0 Å². The second kappa shape index (κ2) is 6.48. The van der Waals surface area contributed by atoms with Crippen LogP contribution >= 0.6 is 0 Å². The van der Waals surface area contributed by atoms with Crippen LogP contribution in [0.15, 0.2) is 36.5 Å². The van der Waals surface area contributed by atoms with Crippen molar-refractivity contribution < 1.29 is 4.79 Å². The van der Waals surface area contributed by atoms with Gasteiger partial charge in [0.15, 0.2) is 0 Å². The Labute approximate surface area is 161 Å². The lowest BCUT2D eigenvalue weighted by Crippen LogP contribution is -2.59. The summed E-state index contributed by atoms with van der Waals surface area (Å²) in [5.74, 6) is 2.19. The van der Waals surface area contributed by atoms with Crippen molar-refractivity contribution in [2.45, 2.75) is 44.7 Å². The molecule has 0 N–H and O–H groups in total. The van der Waals surface area contributed by atoms with Crippen LogP contribution in [0.4, 0.5) is 0 Å². The molecule has 2 aliphatic heterocycles. The number of benzene rings is 1. The number of nitrogens with zero attached hydrogens (tertiary/aromatic N) is 4. The quantitative estimate of drug-likeness (QED) is 0.840. The third-order valence-electron chi connectivity index (χ3n) is 6.68. The first-order valence-corrected chi connectivity index (χ1v) is 10.3. The molecule has 5 rings (SSSR count). The monoisotopic (exact) mass is 364 g/mol. The van der Waals surface area contributed by atoms with Crippen LogP contribution in [-0.4, -0.2) is 51.4 Å². The van der Waals surface area contributed by atoms with Crippen LogP contribution in [0.3, 0.4) is 0 Å². The van der Waals surface area contributed by atoms with E-state index < -0.39 is 0 Å². The molecule has 0 radical (unpaired) electrons. The molecule has 1 aromatic carbocycles. The number of hydrogen-bond acceptors (Lipinski definition) is 3. The highest BCUT2D eigenvalue weighted by atomic mass is 16.2. The van der Waals surface area contributed by atoms with Crippen LogP contribution in [0.1, 0.15) is 38.4 Å². The van der Waals surface area contributed by atoms with Crippen molar-refractivity contribution >= 4 is 5.91 Å². The van der Waals surface area contributed by atoms with E-state index in [4.69, 9.17) is 4.98 Å². The fourth-order valence-electron chi connectivity index (χ4n) is 5.07. The maximum Gasteiger partial charge on any atom is 0.220 e. The van der Waals surface area contributed by atoms with Crippen LogP contribution in [0.5, 0.6) is 0 Å². The second-order valence-corrected chi connectivity index (χ2v) is 8.43. The molecule has 5 nitrogen and oxygen atoms in total. The SMILES string of the molecule is CC(=O)N1CCn2c(-c3ccccc3)cnc2C12CCN(CC1CC1)CC2. The summed E-state index contributed by atoms with van der Waals surface area (Å²) in [5.41, 5.74) is 2.14. The number of carbonyl (C=O) groups excluding carboxylic acids is 1. The summed E-state index contributed by atoms with van der Waals surface area (Å²) in [6.45, 7) is 6.68. The number of carbonyl (C=O) groups is 1. The minimum absolute atomic E-state index is 0.182. The van der Waals surface area contributed by atoms with Gasteiger partial charge in [-0.25, -0.2) is 4.98 Å². The molecular weight excluding hydrogens is 336 g/mol. The number of amides is 1. The molecule has 0 unspecified atom stereocenters. The van der Waals surface area contributed by atoms with Crippen molar-refractivity contribution in [1.82, 2.24) is 19.4 Å². The average Bonchev–Trinajstić information content (AvgIpc) is 3.39. The number of fused-ring (bicyclic) bond motifs is 2. The predicted molar refractivity (Wildman–Crippen MR) is 105 cm³/mol. The molecule has 1 spiro atoms. The van der Waals surface area contributed by atoms with Crippen molar-refractivity contribution in [3.05, 3.63) is 42.4 Å². The Hall–Kier alpha value is -2.14. The molecule has 2 fully saturated rings. The zero-order valence-corrected chi connectivity index (χ0v) is 16.1. The van der Waals surface area contributed by atoms with Crippen molar-refractivity contribution in [3.63, 3.8) is 0 Å². The van der Waals surface area contributed by atoms with Crippen LogP contribution in [-0.2, 0) is 16.9 Å². The molecule has 1 saturated heterocycles. The van der Waals surface area contributed by atoms with E-state index in [-0.39, 0.29) is 11.4 Å². The highest BCUT2D eigenvalue weighted by Crippen LogP contribution is 2.43. The fraction of sp³-hybridized carbons (Fsp3) is 0.545. The van der Waals surface area contributed by atoms with Crippen LogP contribution in [0.2, 0.25) is 0 Å². The molecule has 5 heteroatoms. The number of imidazole rings is 1. The standard InChI is InChI=1S/C22H28N4O/c1-17(27)26-14-13-25-20(19-5-3-2-4-6-19)15-23-21(25)22(26)9-11-24(12-10-22)16-18-7-8-18/h2-6,15,18H,7-14,16H2,1H3. The topological polar surface area (TPSA) is 41.4 Å². The zero-order chi connectivity index (χ0) is 18.4. The van der Waals surface area contributed by atoms with E-state index in [2.05, 4.69) is 38.6 Å². The molecule has 1 aromatic heterocycles. The van der Waals surface area contributed by atoms with E-state index in [1.54, 1.807) is 6.92 Å². The molecule has 2 aromatic rings. The Balaban J connectivity index is 1.50. The molecule has 1 amide bonds. The van der Waals surface area contributed by atoms with Crippen molar-refractivity contribution in [2.75, 3.05) is 26.2 Å². The first-order chi connectivity index (χ1) is 13.2. The Morgan fingerprint density at radius 2 is 1.85 bits per heavy atom. The Morgan fingerprint density at radius 3 is 2.52 bits per heavy atom. The summed E-state index contributed by atoms with van der Waals surface area (Å²) in [6, 6.07) is 10.5. The number of rotatable bonds is 3. The van der Waals surface area contributed by atoms with E-state index in [0.29, 0.717) is 0 Å². The largest absolute Gasteiger partial charge is 0.328 e. The third-order valence-corrected chi connectivity index (χ3v) is 6.68. The number of likely N-dealkylation sites (tertiary alicyclic amines) is 1. The maximum atomic E-state index is 12.5. The van der Waals surface area contributed by atoms with Crippen LogP contribution in [0, 0.1) is 5.92 Å². The smallest absolute Gasteiger partial charge is 0.220 e. The first kappa shape index (κ1) is 17.0. The lowest BCUT2D eigenvalue weighted by Gasteiger charge is -2.50. The Kier molecular flexibility index (Phi) is 4.08. The van der Waals surface area contributed by atoms with E-state index >= 15 is 0 Å². The summed E-state index contributed by atoms with van der Waals surface area (Å²) in [6.07, 6.45) is 6.78. The van der Waals surface area contributed by atoms with Gasteiger partial charge in [0.25, 0.3) is 0 Å². The van der Waals surface area contributed by atoms with Gasteiger partial charge in [-0.3, -0.25) is 4.79 Å². The second-order valence-electron chi connectivity index (χ2n) is 8.43. The Bertz CT molecular complexity index is 831. The summed E-state index contributed by atoms with van der Waals surface area (Å²) in [7, 11) is 0. The van der Waals surface area contributed by atoms with Gasteiger partial charge in [-0.15, -0.1) is 0 Å². The van der Waals surface area contributed by atoms with Crippen molar-refractivity contribution in [1.29, 1.82) is 0 Å². The lowest BCUT2D eigenvalue weighted by molar-refractivity contribution is -0.141. The molecule has 0 bridgehead atoms. The van der Waals surface area contributed by atoms with Gasteiger partial charge in [0, 0.05) is 39.6 Å². The van der Waals surface area contributed by atoms with E-state index in [9.17, 15) is 4.79 Å². The van der Waals surface area contributed by atoms with E-state index in [0.717, 1.165) is 50.8 Å². The molecule has 1 aliphatic carbocycles. The number of aromatic nitrogens is 2. The number of piperidine rings is 1. The molecular formula is C22H28N4O. The van der Waals surface area contributed by atoms with Crippen LogP contribution < -0.4 is 0 Å². The highest BCUT2D eigenvalue weighted by Gasteiger charge is 2.48. The normalized spacial score (nSPS) is 22.0. The molecule has 3 aliphatic rings. The van der Waals surface area contributed by atoms with Gasteiger partial charge in [-0.05, 0) is 37.2 Å². The average molecular weight is 364 g/mol. The summed E-state index contributed by atoms with van der Waals surface area (Å²) in [4.78, 5) is 22.1. The van der Waals surface area contributed by atoms with Gasteiger partial charge < -0.3 is 14.4 Å². The summed E-state index contributed by atoms with van der Waals surface area (Å²) in [5, 5.41) is 0. The lowest BCUT2D eigenvalue weighted by atomic mass is 9.83. The van der Waals surface area contributed by atoms with Crippen molar-refractivity contribution in [3.8, 4) is 11.3 Å².